The van der Waals surface area contributed by atoms with Gasteiger partial charge >= 0.3 is 15.6 Å². The summed E-state index contributed by atoms with van der Waals surface area (Å²) in [6.07, 6.45) is 0.269. The van der Waals surface area contributed by atoms with Crippen LogP contribution in [0.5, 0.6) is 5.75 Å². The third kappa shape index (κ3) is 3.79. The van der Waals surface area contributed by atoms with Crippen molar-refractivity contribution in [3.63, 3.8) is 0 Å². The van der Waals surface area contributed by atoms with Crippen molar-refractivity contribution in [1.82, 2.24) is 0 Å². The fraction of sp³-hybridized carbons (Fsp3) is 0.200. The van der Waals surface area contributed by atoms with Crippen molar-refractivity contribution < 1.29 is 25.8 Å². The summed E-state index contributed by atoms with van der Waals surface area (Å²) in [5.74, 6) is -0.313. The number of alkyl halides is 3. The molecule has 0 spiro atoms. The number of rotatable bonds is 4. The van der Waals surface area contributed by atoms with Gasteiger partial charge in [0.2, 0.25) is 0 Å². The van der Waals surface area contributed by atoms with Crippen molar-refractivity contribution in [2.24, 2.45) is 0 Å². The van der Waals surface area contributed by atoms with E-state index in [-0.39, 0.29) is 12.2 Å². The lowest BCUT2D eigenvalue weighted by molar-refractivity contribution is -0.0500. The SMILES string of the molecule is Cc1ccc(OS(=O)(=O)C(F)(F)F)c(Cc2ccccc2)c1. The molecule has 0 N–H and O–H groups in total. The Kier molecular flexibility index (Phi) is 4.46. The lowest BCUT2D eigenvalue weighted by Gasteiger charge is -2.13. The fourth-order valence-corrected chi connectivity index (χ4v) is 2.40. The maximum Gasteiger partial charge on any atom is 0.534 e. The van der Waals surface area contributed by atoms with E-state index in [0.717, 1.165) is 11.1 Å². The molecule has 7 heteroatoms. The highest BCUT2D eigenvalue weighted by Gasteiger charge is 2.48. The average Bonchev–Trinajstić information content (AvgIpc) is 2.41. The minimum absolute atomic E-state index is 0.269. The summed E-state index contributed by atoms with van der Waals surface area (Å²) in [4.78, 5) is 0. The number of aryl methyl sites for hydroxylation is 1. The molecule has 0 aliphatic heterocycles. The Morgan fingerprint density at radius 2 is 1.68 bits per heavy atom. The van der Waals surface area contributed by atoms with Gasteiger partial charge in [0.25, 0.3) is 0 Å². The summed E-state index contributed by atoms with van der Waals surface area (Å²) < 4.78 is 63.9. The van der Waals surface area contributed by atoms with Gasteiger partial charge in [-0.3, -0.25) is 0 Å². The Labute approximate surface area is 126 Å². The topological polar surface area (TPSA) is 43.4 Å². The lowest BCUT2D eigenvalue weighted by atomic mass is 10.0. The molecule has 0 fully saturated rings. The van der Waals surface area contributed by atoms with E-state index in [1.54, 1.807) is 37.3 Å². The summed E-state index contributed by atoms with van der Waals surface area (Å²) in [6, 6.07) is 13.3. The summed E-state index contributed by atoms with van der Waals surface area (Å²) in [6.45, 7) is 1.76. The molecule has 0 aromatic heterocycles. The maximum absolute atomic E-state index is 12.4. The second-order valence-corrected chi connectivity index (χ2v) is 6.29. The molecule has 2 aromatic rings. The third-order valence-electron chi connectivity index (χ3n) is 2.94. The van der Waals surface area contributed by atoms with E-state index in [2.05, 4.69) is 4.18 Å². The first kappa shape index (κ1) is 16.4. The predicted molar refractivity (Wildman–Crippen MR) is 76.0 cm³/mol. The Bertz CT molecular complexity index is 753. The molecule has 0 heterocycles. The zero-order valence-electron chi connectivity index (χ0n) is 11.6. The second-order valence-electron chi connectivity index (χ2n) is 4.76. The van der Waals surface area contributed by atoms with Crippen LogP contribution in [-0.4, -0.2) is 13.9 Å². The van der Waals surface area contributed by atoms with Crippen LogP contribution in [0.25, 0.3) is 0 Å². The van der Waals surface area contributed by atoms with Crippen molar-refractivity contribution in [3.8, 4) is 5.75 Å². The van der Waals surface area contributed by atoms with Gasteiger partial charge in [-0.2, -0.15) is 21.6 Å². The molecule has 2 aromatic carbocycles. The molecule has 0 atom stereocenters. The van der Waals surface area contributed by atoms with Crippen molar-refractivity contribution in [1.29, 1.82) is 0 Å². The van der Waals surface area contributed by atoms with Crippen molar-refractivity contribution in [2.45, 2.75) is 18.9 Å². The van der Waals surface area contributed by atoms with E-state index in [1.165, 1.54) is 12.1 Å². The van der Waals surface area contributed by atoms with E-state index < -0.39 is 15.6 Å². The van der Waals surface area contributed by atoms with E-state index in [9.17, 15) is 21.6 Å². The molecule has 0 bridgehead atoms. The molecule has 3 nitrogen and oxygen atoms in total. The van der Waals surface area contributed by atoms with Gasteiger partial charge in [-0.25, -0.2) is 0 Å². The highest BCUT2D eigenvalue weighted by Crippen LogP contribution is 2.30. The van der Waals surface area contributed by atoms with Crippen molar-refractivity contribution >= 4 is 10.1 Å². The van der Waals surface area contributed by atoms with Crippen LogP contribution in [0.4, 0.5) is 13.2 Å². The highest BCUT2D eigenvalue weighted by atomic mass is 32.2. The van der Waals surface area contributed by atoms with Gasteiger partial charge in [0.05, 0.1) is 0 Å². The zero-order valence-corrected chi connectivity index (χ0v) is 12.4. The average molecular weight is 330 g/mol. The third-order valence-corrected chi connectivity index (χ3v) is 3.90. The van der Waals surface area contributed by atoms with Crippen LogP contribution < -0.4 is 4.18 Å². The quantitative estimate of drug-likeness (QED) is 0.632. The molecule has 0 aliphatic carbocycles. The molecule has 0 aliphatic rings. The monoisotopic (exact) mass is 330 g/mol. The molecular weight excluding hydrogens is 317 g/mol. The van der Waals surface area contributed by atoms with Crippen molar-refractivity contribution in [3.05, 3.63) is 65.2 Å². The summed E-state index contributed by atoms with van der Waals surface area (Å²) in [7, 11) is -5.68. The van der Waals surface area contributed by atoms with Gasteiger partial charge in [0, 0.05) is 12.0 Å². The first-order chi connectivity index (χ1) is 10.2. The van der Waals surface area contributed by atoms with Crippen LogP contribution >= 0.6 is 0 Å². The predicted octanol–water partition coefficient (Wildman–Crippen LogP) is 3.81. The molecule has 22 heavy (non-hydrogen) atoms. The van der Waals surface area contributed by atoms with E-state index >= 15 is 0 Å². The second kappa shape index (κ2) is 6.00. The number of hydrogen-bond donors (Lipinski definition) is 0. The number of halogens is 3. The minimum atomic E-state index is -5.68. The molecule has 0 radical (unpaired) electrons. The molecule has 118 valence electrons. The Morgan fingerprint density at radius 1 is 1.05 bits per heavy atom. The number of benzene rings is 2. The first-order valence-electron chi connectivity index (χ1n) is 6.33. The van der Waals surface area contributed by atoms with Crippen molar-refractivity contribution in [2.75, 3.05) is 0 Å². The van der Waals surface area contributed by atoms with E-state index in [0.29, 0.717) is 5.56 Å². The normalized spacial score (nSPS) is 12.2. The standard InChI is InChI=1S/C15H13F3O3S/c1-11-7-8-14(21-22(19,20)15(16,17)18)13(9-11)10-12-5-3-2-4-6-12/h2-9H,10H2,1H3. The van der Waals surface area contributed by atoms with Gasteiger partial charge in [-0.05, 0) is 18.6 Å². The fourth-order valence-electron chi connectivity index (χ4n) is 1.91. The summed E-state index contributed by atoms with van der Waals surface area (Å²) in [5.41, 5.74) is -3.45. The van der Waals surface area contributed by atoms with Crippen LogP contribution in [0, 0.1) is 6.92 Å². The molecule has 2 rings (SSSR count). The molecule has 0 saturated heterocycles. The van der Waals surface area contributed by atoms with Gasteiger partial charge in [0.1, 0.15) is 5.75 Å². The molecule has 0 unspecified atom stereocenters. The minimum Gasteiger partial charge on any atom is -0.376 e. The van der Waals surface area contributed by atoms with E-state index in [1.807, 2.05) is 6.07 Å². The lowest BCUT2D eigenvalue weighted by Crippen LogP contribution is -2.28. The van der Waals surface area contributed by atoms with Crippen LogP contribution in [0.2, 0.25) is 0 Å². The molecular formula is C15H13F3O3S. The smallest absolute Gasteiger partial charge is 0.376 e. The highest BCUT2D eigenvalue weighted by molar-refractivity contribution is 7.88. The number of hydrogen-bond acceptors (Lipinski definition) is 3. The van der Waals surface area contributed by atoms with Gasteiger partial charge in [-0.1, -0.05) is 48.0 Å². The summed E-state index contributed by atoms with van der Waals surface area (Å²) >= 11 is 0. The van der Waals surface area contributed by atoms with Gasteiger partial charge in [0.15, 0.2) is 0 Å². The first-order valence-corrected chi connectivity index (χ1v) is 7.74. The van der Waals surface area contributed by atoms with Crippen LogP contribution in [0.15, 0.2) is 48.5 Å². The molecule has 0 amide bonds. The molecule has 0 saturated carbocycles. The largest absolute Gasteiger partial charge is 0.534 e. The Balaban J connectivity index is 2.37. The van der Waals surface area contributed by atoms with Crippen LogP contribution in [0.3, 0.4) is 0 Å². The van der Waals surface area contributed by atoms with E-state index in [4.69, 9.17) is 0 Å². The Morgan fingerprint density at radius 3 is 2.27 bits per heavy atom. The zero-order chi connectivity index (χ0) is 16.4. The summed E-state index contributed by atoms with van der Waals surface area (Å²) in [5, 5.41) is 0. The van der Waals surface area contributed by atoms with Crippen LogP contribution in [-0.2, 0) is 16.5 Å². The van der Waals surface area contributed by atoms with Crippen LogP contribution in [0.1, 0.15) is 16.7 Å². The van der Waals surface area contributed by atoms with Gasteiger partial charge < -0.3 is 4.18 Å². The van der Waals surface area contributed by atoms with Gasteiger partial charge in [-0.15, -0.1) is 0 Å². The maximum atomic E-state index is 12.4. The Hall–Kier alpha value is -2.02.